The maximum Gasteiger partial charge on any atom is 0.264 e. The third kappa shape index (κ3) is 3.43. The van der Waals surface area contributed by atoms with Crippen LogP contribution >= 0.6 is 0 Å². The SMILES string of the molecule is O=C1Cc2c(NC3CN4CCC3CC4)cc(NS(=O)(=O)c3ccc(F)cc3F)cc2C12CCC2. The lowest BCUT2D eigenvalue weighted by Crippen LogP contribution is -2.53. The molecule has 2 aromatic carbocycles. The first-order valence-electron chi connectivity index (χ1n) is 11.9. The molecule has 5 aliphatic rings. The first-order valence-corrected chi connectivity index (χ1v) is 13.4. The number of hydrogen-bond acceptors (Lipinski definition) is 5. The van der Waals surface area contributed by atoms with Crippen molar-refractivity contribution in [3.8, 4) is 0 Å². The Hall–Kier alpha value is -2.52. The molecule has 0 amide bonds. The van der Waals surface area contributed by atoms with Gasteiger partial charge in [0.25, 0.3) is 10.0 Å². The summed E-state index contributed by atoms with van der Waals surface area (Å²) >= 11 is 0. The van der Waals surface area contributed by atoms with Gasteiger partial charge in [-0.2, -0.15) is 0 Å². The molecular formula is C25H27F2N3O3S. The second kappa shape index (κ2) is 7.75. The van der Waals surface area contributed by atoms with Gasteiger partial charge in [-0.3, -0.25) is 9.52 Å². The molecular weight excluding hydrogens is 460 g/mol. The lowest BCUT2D eigenvalue weighted by Gasteiger charge is -2.45. The Morgan fingerprint density at radius 3 is 2.44 bits per heavy atom. The topological polar surface area (TPSA) is 78.5 Å². The first-order chi connectivity index (χ1) is 16.2. The lowest BCUT2D eigenvalue weighted by molar-refractivity contribution is -0.125. The molecule has 1 unspecified atom stereocenters. The van der Waals surface area contributed by atoms with Crippen molar-refractivity contribution in [1.29, 1.82) is 0 Å². The number of halogens is 2. The smallest absolute Gasteiger partial charge is 0.264 e. The van der Waals surface area contributed by atoms with Crippen molar-refractivity contribution < 1.29 is 22.0 Å². The van der Waals surface area contributed by atoms with Crippen LogP contribution < -0.4 is 10.0 Å². The van der Waals surface area contributed by atoms with Gasteiger partial charge >= 0.3 is 0 Å². The fraction of sp³-hybridized carbons (Fsp3) is 0.480. The zero-order chi connectivity index (χ0) is 23.7. The van der Waals surface area contributed by atoms with Crippen LogP contribution in [-0.2, 0) is 26.7 Å². The van der Waals surface area contributed by atoms with Crippen LogP contribution in [0.2, 0.25) is 0 Å². The minimum atomic E-state index is -4.29. The number of anilines is 2. The van der Waals surface area contributed by atoms with E-state index in [1.54, 1.807) is 12.1 Å². The van der Waals surface area contributed by atoms with E-state index in [1.807, 2.05) is 0 Å². The highest BCUT2D eigenvalue weighted by molar-refractivity contribution is 7.92. The molecule has 3 saturated heterocycles. The number of benzene rings is 2. The summed E-state index contributed by atoms with van der Waals surface area (Å²) in [7, 11) is -4.29. The van der Waals surface area contributed by atoms with Crippen LogP contribution in [0.4, 0.5) is 20.2 Å². The van der Waals surface area contributed by atoms with E-state index in [-0.39, 0.29) is 17.5 Å². The summed E-state index contributed by atoms with van der Waals surface area (Å²) in [6.07, 6.45) is 5.09. The third-order valence-corrected chi connectivity index (χ3v) is 9.69. The molecule has 7 rings (SSSR count). The van der Waals surface area contributed by atoms with Crippen LogP contribution in [0.15, 0.2) is 35.2 Å². The molecule has 2 aromatic rings. The number of piperidine rings is 3. The van der Waals surface area contributed by atoms with Crippen LogP contribution in [-0.4, -0.2) is 44.8 Å². The van der Waals surface area contributed by atoms with Crippen molar-refractivity contribution in [2.45, 2.75) is 54.9 Å². The Labute approximate surface area is 197 Å². The molecule has 0 aromatic heterocycles. The monoisotopic (exact) mass is 487 g/mol. The van der Waals surface area contributed by atoms with Gasteiger partial charge in [0.1, 0.15) is 22.3 Å². The number of ketones is 1. The van der Waals surface area contributed by atoms with Crippen molar-refractivity contribution in [3.05, 3.63) is 53.1 Å². The molecule has 1 saturated carbocycles. The van der Waals surface area contributed by atoms with Gasteiger partial charge in [-0.05, 0) is 80.1 Å². The number of nitrogens with zero attached hydrogens (tertiary/aromatic N) is 1. The Bertz CT molecular complexity index is 1280. The zero-order valence-corrected chi connectivity index (χ0v) is 19.6. The van der Waals surface area contributed by atoms with Crippen molar-refractivity contribution >= 4 is 27.2 Å². The Morgan fingerprint density at radius 1 is 1.06 bits per heavy atom. The Kier molecular flexibility index (Phi) is 5.01. The second-order valence-corrected chi connectivity index (χ2v) is 11.8. The number of carbonyl (C=O) groups excluding carboxylic acids is 1. The van der Waals surface area contributed by atoms with Crippen LogP contribution in [0.3, 0.4) is 0 Å². The van der Waals surface area contributed by atoms with Gasteiger partial charge < -0.3 is 10.2 Å². The van der Waals surface area contributed by atoms with Crippen molar-refractivity contribution in [2.75, 3.05) is 29.7 Å². The number of fused-ring (bicyclic) bond motifs is 5. The van der Waals surface area contributed by atoms with E-state index >= 15 is 0 Å². The van der Waals surface area contributed by atoms with Gasteiger partial charge in [-0.1, -0.05) is 6.42 Å². The van der Waals surface area contributed by atoms with E-state index in [4.69, 9.17) is 0 Å². The van der Waals surface area contributed by atoms with Crippen molar-refractivity contribution in [3.63, 3.8) is 0 Å². The van der Waals surface area contributed by atoms with Crippen LogP contribution in [0.5, 0.6) is 0 Å². The second-order valence-electron chi connectivity index (χ2n) is 10.2. The van der Waals surface area contributed by atoms with Gasteiger partial charge in [-0.25, -0.2) is 17.2 Å². The minimum absolute atomic E-state index is 0.190. The minimum Gasteiger partial charge on any atom is -0.380 e. The van der Waals surface area contributed by atoms with E-state index < -0.39 is 32.0 Å². The number of sulfonamides is 1. The number of hydrogen-bond donors (Lipinski definition) is 2. The average Bonchev–Trinajstić information content (AvgIpc) is 3.06. The summed E-state index contributed by atoms with van der Waals surface area (Å²) in [6, 6.07) is 6.09. The van der Waals surface area contributed by atoms with Gasteiger partial charge in [0, 0.05) is 30.8 Å². The summed E-state index contributed by atoms with van der Waals surface area (Å²) in [4.78, 5) is 14.9. The maximum atomic E-state index is 14.3. The Morgan fingerprint density at radius 2 is 1.82 bits per heavy atom. The van der Waals surface area contributed by atoms with Gasteiger partial charge in [0.2, 0.25) is 0 Å². The van der Waals surface area contributed by atoms with Crippen LogP contribution in [0.25, 0.3) is 0 Å². The standard InChI is InChI=1S/C25H27F2N3O3S/c26-16-2-3-23(20(27)10-16)34(32,33)29-17-11-19-18(13-24(31)25(19)6-1-7-25)21(12-17)28-22-14-30-8-4-15(22)5-9-30/h2-3,10-12,15,22,28-29H,1,4-9,13-14H2. The molecule has 3 aliphatic heterocycles. The quantitative estimate of drug-likeness (QED) is 0.671. The molecule has 3 heterocycles. The number of rotatable bonds is 5. The van der Waals surface area contributed by atoms with Crippen LogP contribution in [0, 0.1) is 17.6 Å². The average molecular weight is 488 g/mol. The molecule has 1 atom stereocenters. The molecule has 4 fully saturated rings. The van der Waals surface area contributed by atoms with Crippen LogP contribution in [0.1, 0.15) is 43.2 Å². The maximum absolute atomic E-state index is 14.3. The van der Waals surface area contributed by atoms with E-state index in [1.165, 1.54) is 0 Å². The van der Waals surface area contributed by atoms with Gasteiger partial charge in [-0.15, -0.1) is 0 Å². The highest BCUT2D eigenvalue weighted by Crippen LogP contribution is 2.53. The molecule has 2 bridgehead atoms. The predicted octanol–water partition coefficient (Wildman–Crippen LogP) is 3.82. The normalized spacial score (nSPS) is 26.9. The molecule has 34 heavy (non-hydrogen) atoms. The first kappa shape index (κ1) is 22.0. The largest absolute Gasteiger partial charge is 0.380 e. The highest BCUT2D eigenvalue weighted by atomic mass is 32.2. The van der Waals surface area contributed by atoms with Gasteiger partial charge in [0.15, 0.2) is 0 Å². The lowest BCUT2D eigenvalue weighted by atomic mass is 9.64. The van der Waals surface area contributed by atoms with Crippen molar-refractivity contribution in [2.24, 2.45) is 5.92 Å². The molecule has 180 valence electrons. The summed E-state index contributed by atoms with van der Waals surface area (Å²) < 4.78 is 56.0. The molecule has 1 spiro atoms. The number of carbonyl (C=O) groups is 1. The van der Waals surface area contributed by atoms with E-state index in [0.29, 0.717) is 18.4 Å². The molecule has 0 radical (unpaired) electrons. The molecule has 6 nitrogen and oxygen atoms in total. The third-order valence-electron chi connectivity index (χ3n) is 8.28. The predicted molar refractivity (Wildman–Crippen MR) is 124 cm³/mol. The van der Waals surface area contributed by atoms with E-state index in [2.05, 4.69) is 14.9 Å². The summed E-state index contributed by atoms with van der Waals surface area (Å²) in [6.45, 7) is 3.13. The van der Waals surface area contributed by atoms with Gasteiger partial charge in [0.05, 0.1) is 11.1 Å². The zero-order valence-electron chi connectivity index (χ0n) is 18.7. The Balaban J connectivity index is 1.39. The summed E-state index contributed by atoms with van der Waals surface area (Å²) in [5.41, 5.74) is 2.37. The molecule has 2 N–H and O–H groups in total. The highest BCUT2D eigenvalue weighted by Gasteiger charge is 2.51. The molecule has 2 aliphatic carbocycles. The number of nitrogens with one attached hydrogen (secondary N) is 2. The molecule has 9 heteroatoms. The summed E-state index contributed by atoms with van der Waals surface area (Å²) in [5, 5.41) is 3.65. The van der Waals surface area contributed by atoms with Crippen molar-refractivity contribution in [1.82, 2.24) is 4.90 Å². The fourth-order valence-corrected chi connectivity index (χ4v) is 7.37. The summed E-state index contributed by atoms with van der Waals surface area (Å²) in [5.74, 6) is -1.26. The van der Waals surface area contributed by atoms with E-state index in [9.17, 15) is 22.0 Å². The van der Waals surface area contributed by atoms with E-state index in [0.717, 1.165) is 80.7 Å². The number of Topliss-reactive ketones (excluding diaryl/α,β-unsaturated/α-hetero) is 1. The fourth-order valence-electron chi connectivity index (χ4n) is 6.27.